The number of methoxy groups -OCH3 is 1. The van der Waals surface area contributed by atoms with E-state index in [9.17, 15) is 0 Å². The van der Waals surface area contributed by atoms with Crippen LogP contribution in [-0.2, 0) is 22.6 Å². The molecule has 0 radical (unpaired) electrons. The van der Waals surface area contributed by atoms with Crippen molar-refractivity contribution in [3.05, 3.63) is 83.7 Å². The Morgan fingerprint density at radius 3 is 3.00 bits per heavy atom. The lowest BCUT2D eigenvalue weighted by atomic mass is 10.1. The van der Waals surface area contributed by atoms with Gasteiger partial charge in [-0.25, -0.2) is 9.98 Å². The number of hydrogen-bond donors (Lipinski definition) is 0. The Kier molecular flexibility index (Phi) is 5.24. The molecule has 0 spiro atoms. The van der Waals surface area contributed by atoms with Crippen LogP contribution in [0.15, 0.2) is 66.5 Å². The number of allylic oxidation sites excluding steroid dienone is 2. The average Bonchev–Trinajstić information content (AvgIpc) is 3.50. The zero-order valence-corrected chi connectivity index (χ0v) is 18.3. The molecule has 0 amide bonds. The van der Waals surface area contributed by atoms with Gasteiger partial charge in [-0.2, -0.15) is 0 Å². The maximum atomic E-state index is 6.32. The van der Waals surface area contributed by atoms with Gasteiger partial charge in [0.25, 0.3) is 0 Å². The summed E-state index contributed by atoms with van der Waals surface area (Å²) >= 11 is 6.32. The van der Waals surface area contributed by atoms with E-state index in [-0.39, 0.29) is 6.04 Å². The van der Waals surface area contributed by atoms with E-state index in [1.807, 2.05) is 33.4 Å². The number of imidazole rings is 1. The number of ether oxygens (including phenoxy) is 2. The third-order valence-corrected chi connectivity index (χ3v) is 5.75. The van der Waals surface area contributed by atoms with Gasteiger partial charge < -0.3 is 14.0 Å². The van der Waals surface area contributed by atoms with Gasteiger partial charge in [-0.15, -0.1) is 10.2 Å². The summed E-state index contributed by atoms with van der Waals surface area (Å²) in [5, 5.41) is 9.38. The van der Waals surface area contributed by atoms with Crippen LogP contribution in [0.3, 0.4) is 0 Å². The third-order valence-electron chi connectivity index (χ3n) is 5.52. The van der Waals surface area contributed by atoms with Crippen molar-refractivity contribution in [1.82, 2.24) is 24.3 Å². The molecule has 0 saturated carbocycles. The molecule has 1 aromatic carbocycles. The van der Waals surface area contributed by atoms with Crippen LogP contribution in [0.25, 0.3) is 17.1 Å². The Morgan fingerprint density at radius 2 is 2.22 bits per heavy atom. The number of aliphatic imine (C=N–C) groups is 1. The molecule has 32 heavy (non-hydrogen) atoms. The van der Waals surface area contributed by atoms with Crippen LogP contribution < -0.4 is 0 Å². The molecule has 0 fully saturated rings. The lowest BCUT2D eigenvalue weighted by Gasteiger charge is -2.09. The van der Waals surface area contributed by atoms with Crippen LogP contribution in [0.1, 0.15) is 17.2 Å². The molecule has 4 heterocycles. The van der Waals surface area contributed by atoms with Gasteiger partial charge in [-0.3, -0.25) is 4.57 Å². The molecule has 0 bridgehead atoms. The van der Waals surface area contributed by atoms with Crippen molar-refractivity contribution < 1.29 is 9.47 Å². The average molecular weight is 449 g/mol. The monoisotopic (exact) mass is 448 g/mol. The van der Waals surface area contributed by atoms with Crippen molar-refractivity contribution in [1.29, 1.82) is 0 Å². The van der Waals surface area contributed by atoms with Gasteiger partial charge in [0.15, 0.2) is 11.6 Å². The highest BCUT2D eigenvalue weighted by Crippen LogP contribution is 2.35. The predicted molar refractivity (Wildman–Crippen MR) is 122 cm³/mol. The topological polar surface area (TPSA) is 79.4 Å². The highest BCUT2D eigenvalue weighted by Gasteiger charge is 2.31. The van der Waals surface area contributed by atoms with Gasteiger partial charge in [-0.05, 0) is 23.8 Å². The second-order valence-electron chi connectivity index (χ2n) is 7.40. The van der Waals surface area contributed by atoms with Crippen LogP contribution in [-0.4, -0.2) is 50.0 Å². The number of rotatable bonds is 6. The minimum atomic E-state index is -0.149. The molecule has 0 unspecified atom stereocenters. The molecule has 5 rings (SSSR count). The Labute approximate surface area is 190 Å². The van der Waals surface area contributed by atoms with Crippen LogP contribution in [0, 0.1) is 0 Å². The van der Waals surface area contributed by atoms with Crippen molar-refractivity contribution in [2.75, 3.05) is 13.7 Å². The molecule has 8 nitrogen and oxygen atoms in total. The Bertz CT molecular complexity index is 1290. The van der Waals surface area contributed by atoms with Gasteiger partial charge in [0, 0.05) is 17.7 Å². The lowest BCUT2D eigenvalue weighted by Crippen LogP contribution is -2.13. The van der Waals surface area contributed by atoms with Crippen molar-refractivity contribution in [2.45, 2.75) is 19.2 Å². The Balaban J connectivity index is 1.66. The molecule has 162 valence electrons. The molecule has 2 aromatic heterocycles. The van der Waals surface area contributed by atoms with E-state index in [1.165, 1.54) is 0 Å². The molecule has 0 saturated heterocycles. The third kappa shape index (κ3) is 3.28. The highest BCUT2D eigenvalue weighted by atomic mass is 35.5. The summed E-state index contributed by atoms with van der Waals surface area (Å²) in [6.45, 7) is 8.87. The van der Waals surface area contributed by atoms with Gasteiger partial charge >= 0.3 is 0 Å². The molecule has 3 aromatic rings. The smallest absolute Gasteiger partial charge is 0.238 e. The number of fused-ring (bicyclic) bond motifs is 5. The second-order valence-corrected chi connectivity index (χ2v) is 7.83. The maximum Gasteiger partial charge on any atom is 0.238 e. The molecule has 2 aliphatic rings. The number of hydrogen-bond acceptors (Lipinski definition) is 6. The molecule has 2 aliphatic heterocycles. The lowest BCUT2D eigenvalue weighted by molar-refractivity contribution is 0.174. The van der Waals surface area contributed by atoms with E-state index in [0.717, 1.165) is 28.3 Å². The van der Waals surface area contributed by atoms with Crippen molar-refractivity contribution >= 4 is 17.5 Å². The van der Waals surface area contributed by atoms with Crippen LogP contribution >= 0.6 is 11.6 Å². The summed E-state index contributed by atoms with van der Waals surface area (Å²) in [6, 6.07) is 5.54. The summed E-state index contributed by atoms with van der Waals surface area (Å²) in [5.74, 6) is 1.93. The zero-order chi connectivity index (χ0) is 22.2. The van der Waals surface area contributed by atoms with E-state index in [0.29, 0.717) is 42.2 Å². The maximum absolute atomic E-state index is 6.32. The van der Waals surface area contributed by atoms with E-state index in [1.54, 1.807) is 25.6 Å². The summed E-state index contributed by atoms with van der Waals surface area (Å²) in [5.41, 5.74) is 4.32. The Morgan fingerprint density at radius 1 is 1.34 bits per heavy atom. The molecule has 9 heteroatoms. The first kappa shape index (κ1) is 20.4. The number of aromatic nitrogens is 5. The van der Waals surface area contributed by atoms with Gasteiger partial charge in [-0.1, -0.05) is 43.0 Å². The molecular formula is C23H21ClN6O2. The number of benzene rings is 1. The van der Waals surface area contributed by atoms with E-state index in [2.05, 4.69) is 28.3 Å². The Hall–Kier alpha value is -3.49. The van der Waals surface area contributed by atoms with Crippen molar-refractivity contribution in [3.8, 4) is 17.1 Å². The second kappa shape index (κ2) is 8.22. The fourth-order valence-electron chi connectivity index (χ4n) is 4.02. The summed E-state index contributed by atoms with van der Waals surface area (Å²) < 4.78 is 15.3. The van der Waals surface area contributed by atoms with Gasteiger partial charge in [0.2, 0.25) is 5.90 Å². The summed E-state index contributed by atoms with van der Waals surface area (Å²) in [6.07, 6.45) is 7.17. The van der Waals surface area contributed by atoms with E-state index >= 15 is 0 Å². The van der Waals surface area contributed by atoms with Crippen molar-refractivity contribution in [2.24, 2.45) is 4.99 Å². The van der Waals surface area contributed by atoms with Gasteiger partial charge in [0.1, 0.15) is 31.3 Å². The van der Waals surface area contributed by atoms with E-state index in [4.69, 9.17) is 26.1 Å². The van der Waals surface area contributed by atoms with Crippen LogP contribution in [0.2, 0.25) is 5.02 Å². The molecular weight excluding hydrogens is 428 g/mol. The summed E-state index contributed by atoms with van der Waals surface area (Å²) in [7, 11) is 1.63. The normalized spacial score (nSPS) is 17.0. The van der Waals surface area contributed by atoms with Crippen molar-refractivity contribution in [3.63, 3.8) is 0 Å². The number of halogens is 1. The zero-order valence-electron chi connectivity index (χ0n) is 17.5. The minimum Gasteiger partial charge on any atom is -0.474 e. The quantitative estimate of drug-likeness (QED) is 0.420. The van der Waals surface area contributed by atoms with Gasteiger partial charge in [0.05, 0.1) is 17.9 Å². The fourth-order valence-corrected chi connectivity index (χ4v) is 4.19. The SMILES string of the molecule is C=C/C=C(\C=C)[C@H]1COC(c2ncn3c2Cn2c(COC)nnc2-c2cc(Cl)ccc2-3)=N1. The van der Waals surface area contributed by atoms with E-state index < -0.39 is 0 Å². The van der Waals surface area contributed by atoms with Crippen LogP contribution in [0.5, 0.6) is 0 Å². The predicted octanol–water partition coefficient (Wildman–Crippen LogP) is 3.74. The fraction of sp³-hybridized carbons (Fsp3) is 0.217. The first-order chi connectivity index (χ1) is 15.6. The molecule has 0 N–H and O–H groups in total. The van der Waals surface area contributed by atoms with Crippen LogP contribution in [0.4, 0.5) is 0 Å². The largest absolute Gasteiger partial charge is 0.474 e. The number of nitrogens with zero attached hydrogens (tertiary/aromatic N) is 6. The highest BCUT2D eigenvalue weighted by molar-refractivity contribution is 6.31. The first-order valence-corrected chi connectivity index (χ1v) is 10.5. The molecule has 1 atom stereocenters. The molecule has 0 aliphatic carbocycles. The standard InChI is InChI=1S/C23H21ClN6O2/c1-4-6-14(5-2)17-11-32-23(26-17)21-19-10-29-20(12-31-3)27-28-22(29)16-9-15(24)7-8-18(16)30(19)13-25-21/h4-9,13,17H,1-2,10-12H2,3H3/b14-6+/t17-/m1/s1. The first-order valence-electron chi connectivity index (χ1n) is 10.1. The minimum absolute atomic E-state index is 0.149. The summed E-state index contributed by atoms with van der Waals surface area (Å²) in [4.78, 5) is 9.44.